The largest absolute Gasteiger partial charge is 0.481 e. The Balaban J connectivity index is 1.67. The zero-order chi connectivity index (χ0) is 25.1. The van der Waals surface area contributed by atoms with E-state index in [1.54, 1.807) is 7.05 Å². The van der Waals surface area contributed by atoms with Gasteiger partial charge in [0.25, 0.3) is 5.91 Å². The molecule has 3 amide bonds. The number of β-lactam (4-membered cyclic amide) rings is 1. The predicted octanol–water partition coefficient (Wildman–Crippen LogP) is -2.57. The summed E-state index contributed by atoms with van der Waals surface area (Å²) in [6, 6.07) is -1.11. The van der Waals surface area contributed by atoms with Crippen molar-refractivity contribution in [2.45, 2.75) is 41.5 Å². The number of fused-ring (bicyclic) bond motifs is 1. The highest BCUT2D eigenvalue weighted by atomic mass is 32.2. The maximum absolute atomic E-state index is 13.1. The molecule has 0 radical (unpaired) electrons. The number of aryl methyl sites for hydroxylation is 1. The molecule has 1 aromatic rings. The minimum Gasteiger partial charge on any atom is -0.481 e. The average Bonchev–Trinajstić information content (AvgIpc) is 3.21. The summed E-state index contributed by atoms with van der Waals surface area (Å²) in [5, 5.41) is 34.5. The first-order valence-corrected chi connectivity index (χ1v) is 12.1. The van der Waals surface area contributed by atoms with Crippen molar-refractivity contribution >= 4 is 53.7 Å². The third kappa shape index (κ3) is 4.80. The molecule has 3 unspecified atom stereocenters. The zero-order valence-corrected chi connectivity index (χ0v) is 19.7. The van der Waals surface area contributed by atoms with E-state index in [2.05, 4.69) is 26.2 Å². The smallest absolute Gasteiger partial charge is 0.320 e. The Bertz CT molecular complexity index is 993. The number of nitrogens with zero attached hydrogens (tertiary/aromatic N) is 5. The second-order valence-corrected chi connectivity index (χ2v) is 10.0. The maximum Gasteiger partial charge on any atom is 0.320 e. The quantitative estimate of drug-likeness (QED) is 0.0834. The van der Waals surface area contributed by atoms with Gasteiger partial charge in [0.05, 0.1) is 0 Å². The topological polar surface area (TPSA) is 223 Å². The highest BCUT2D eigenvalue weighted by Gasteiger charge is 2.67. The van der Waals surface area contributed by atoms with Gasteiger partial charge in [-0.2, -0.15) is 0 Å². The molecule has 0 bridgehead atoms. The number of carboxylic acid groups (broad SMARTS) is 2. The third-order valence-electron chi connectivity index (χ3n) is 5.61. The molecule has 3 heterocycles. The van der Waals surface area contributed by atoms with E-state index in [9.17, 15) is 29.1 Å². The highest BCUT2D eigenvalue weighted by Crippen LogP contribution is 2.47. The molecule has 3 rings (SSSR count). The van der Waals surface area contributed by atoms with Crippen molar-refractivity contribution in [1.29, 1.82) is 0 Å². The fraction of sp³-hybridized carbons (Fsp3) is 0.647. The SMILES string of the molecule is Cn1nnnc1SCC1(C(=O)O)CS[C@H]2N(C1)C(=O)C2(NC=O)NC(=O)CCCC(N)C(=O)O. The molecule has 2 aliphatic rings. The number of carbonyl (C=O) groups is 5. The number of rotatable bonds is 12. The molecule has 0 spiro atoms. The summed E-state index contributed by atoms with van der Waals surface area (Å²) in [6.07, 6.45) is 0.430. The monoisotopic (exact) mass is 516 g/mol. The first-order chi connectivity index (χ1) is 16.1. The molecular weight excluding hydrogens is 492 g/mol. The fourth-order valence-electron chi connectivity index (χ4n) is 3.68. The number of hydrogen-bond donors (Lipinski definition) is 5. The Hall–Kier alpha value is -2.92. The Labute approximate surface area is 201 Å². The van der Waals surface area contributed by atoms with Crippen LogP contribution in [0.3, 0.4) is 0 Å². The number of aromatic nitrogens is 4. The Morgan fingerprint density at radius 2 is 2.15 bits per heavy atom. The van der Waals surface area contributed by atoms with E-state index in [4.69, 9.17) is 10.8 Å². The van der Waals surface area contributed by atoms with Crippen LogP contribution in [0.25, 0.3) is 0 Å². The number of tetrazole rings is 1. The lowest BCUT2D eigenvalue weighted by atomic mass is 9.87. The van der Waals surface area contributed by atoms with Crippen LogP contribution in [0.1, 0.15) is 19.3 Å². The lowest BCUT2D eigenvalue weighted by Gasteiger charge is -2.59. The molecule has 1 aromatic heterocycles. The first kappa shape index (κ1) is 25.7. The normalized spacial score (nSPS) is 26.7. The van der Waals surface area contributed by atoms with Crippen molar-refractivity contribution in [3.05, 3.63) is 0 Å². The molecule has 4 atom stereocenters. The van der Waals surface area contributed by atoms with Crippen LogP contribution in [-0.2, 0) is 31.0 Å². The number of aliphatic carboxylic acids is 2. The standard InChI is InChI=1S/C17H24N8O7S2/c1-24-15(21-22-23-24)34-7-16(14(31)32)5-25-12(30)17(19-8-26,13(25)33-6-16)20-10(27)4-2-3-9(18)11(28)29/h8-9,13H,2-7,18H2,1H3,(H,19,26)(H,20,27)(H,28,29)(H,31,32)/t9?,13-,16?,17?/m1/s1. The fourth-order valence-corrected chi connectivity index (χ4v) is 6.47. The molecule has 34 heavy (non-hydrogen) atoms. The molecular formula is C17H24N8O7S2. The van der Waals surface area contributed by atoms with Crippen LogP contribution in [0.2, 0.25) is 0 Å². The van der Waals surface area contributed by atoms with Gasteiger partial charge >= 0.3 is 11.9 Å². The van der Waals surface area contributed by atoms with Crippen LogP contribution in [0.5, 0.6) is 0 Å². The van der Waals surface area contributed by atoms with E-state index in [1.165, 1.54) is 9.58 Å². The van der Waals surface area contributed by atoms with Gasteiger partial charge in [0, 0.05) is 31.5 Å². The van der Waals surface area contributed by atoms with E-state index in [0.717, 1.165) is 23.5 Å². The van der Waals surface area contributed by atoms with Gasteiger partial charge in [0.2, 0.25) is 23.1 Å². The van der Waals surface area contributed by atoms with E-state index >= 15 is 0 Å². The van der Waals surface area contributed by atoms with Gasteiger partial charge in [0.1, 0.15) is 16.8 Å². The zero-order valence-electron chi connectivity index (χ0n) is 18.0. The molecule has 2 aliphatic heterocycles. The number of carboxylic acids is 2. The van der Waals surface area contributed by atoms with Crippen LogP contribution in [0.15, 0.2) is 5.16 Å². The molecule has 0 saturated carbocycles. The molecule has 17 heteroatoms. The van der Waals surface area contributed by atoms with Crippen LogP contribution < -0.4 is 16.4 Å². The summed E-state index contributed by atoms with van der Waals surface area (Å²) in [6.45, 7) is -0.122. The van der Waals surface area contributed by atoms with E-state index < -0.39 is 46.2 Å². The second-order valence-electron chi connectivity index (χ2n) is 8.01. The number of carbonyl (C=O) groups excluding carboxylic acids is 3. The number of hydrogen-bond acceptors (Lipinski definition) is 11. The van der Waals surface area contributed by atoms with Gasteiger partial charge in [-0.05, 0) is 23.3 Å². The molecule has 15 nitrogen and oxygen atoms in total. The number of thioether (sulfide) groups is 2. The second kappa shape index (κ2) is 10.1. The Morgan fingerprint density at radius 3 is 2.74 bits per heavy atom. The number of nitrogens with one attached hydrogen (secondary N) is 2. The van der Waals surface area contributed by atoms with E-state index in [0.29, 0.717) is 11.6 Å². The lowest BCUT2D eigenvalue weighted by molar-refractivity contribution is -0.169. The van der Waals surface area contributed by atoms with Gasteiger partial charge in [0.15, 0.2) is 0 Å². The van der Waals surface area contributed by atoms with Gasteiger partial charge in [-0.1, -0.05) is 11.8 Å². The average molecular weight is 517 g/mol. The minimum absolute atomic E-state index is 0.0644. The van der Waals surface area contributed by atoms with Gasteiger partial charge in [-0.25, -0.2) is 4.68 Å². The van der Waals surface area contributed by atoms with Gasteiger partial charge < -0.3 is 31.5 Å². The lowest BCUT2D eigenvalue weighted by Crippen LogP contribution is -2.86. The van der Waals surface area contributed by atoms with Crippen molar-refractivity contribution in [2.75, 3.05) is 18.1 Å². The maximum atomic E-state index is 13.1. The summed E-state index contributed by atoms with van der Waals surface area (Å²) >= 11 is 2.28. The number of amides is 3. The summed E-state index contributed by atoms with van der Waals surface area (Å²) in [5.74, 6) is -3.26. The molecule has 2 fully saturated rings. The van der Waals surface area contributed by atoms with E-state index in [1.807, 2.05) is 0 Å². The predicted molar refractivity (Wildman–Crippen MR) is 117 cm³/mol. The van der Waals surface area contributed by atoms with Crippen molar-refractivity contribution in [2.24, 2.45) is 18.2 Å². The third-order valence-corrected chi connectivity index (χ3v) is 8.56. The van der Waals surface area contributed by atoms with Gasteiger partial charge in [-0.3, -0.25) is 24.0 Å². The van der Waals surface area contributed by atoms with Crippen LogP contribution >= 0.6 is 23.5 Å². The van der Waals surface area contributed by atoms with Crippen molar-refractivity contribution < 1.29 is 34.2 Å². The summed E-state index contributed by atoms with van der Waals surface area (Å²) in [5.41, 5.74) is 2.42. The first-order valence-electron chi connectivity index (χ1n) is 10.1. The van der Waals surface area contributed by atoms with Gasteiger partial charge in [-0.15, -0.1) is 16.9 Å². The van der Waals surface area contributed by atoms with Crippen LogP contribution in [-0.4, -0.2) is 101 Å². The highest BCUT2D eigenvalue weighted by molar-refractivity contribution is 8.00. The molecule has 2 saturated heterocycles. The molecule has 186 valence electrons. The molecule has 6 N–H and O–H groups in total. The summed E-state index contributed by atoms with van der Waals surface area (Å²) in [7, 11) is 1.62. The molecule has 0 aliphatic carbocycles. The van der Waals surface area contributed by atoms with Crippen molar-refractivity contribution in [3.63, 3.8) is 0 Å². The Kier molecular flexibility index (Phi) is 7.67. The summed E-state index contributed by atoms with van der Waals surface area (Å²) in [4.78, 5) is 61.0. The van der Waals surface area contributed by atoms with Crippen molar-refractivity contribution in [1.82, 2.24) is 35.7 Å². The van der Waals surface area contributed by atoms with Crippen LogP contribution in [0, 0.1) is 5.41 Å². The van der Waals surface area contributed by atoms with E-state index in [-0.39, 0.29) is 37.3 Å². The molecule has 0 aromatic carbocycles. The van der Waals surface area contributed by atoms with Crippen LogP contribution in [0.4, 0.5) is 0 Å². The number of nitrogens with two attached hydrogens (primary N) is 1. The van der Waals surface area contributed by atoms with Crippen molar-refractivity contribution in [3.8, 4) is 0 Å². The Morgan fingerprint density at radius 1 is 1.41 bits per heavy atom. The minimum atomic E-state index is -1.70. The summed E-state index contributed by atoms with van der Waals surface area (Å²) < 4.78 is 1.41.